The molecule has 2 aromatic carbocycles. The Morgan fingerprint density at radius 1 is 1.02 bits per heavy atom. The molecule has 0 saturated carbocycles. The number of halogens is 4. The molecule has 1 fully saturated rings. The second kappa shape index (κ2) is 24.3. The third-order valence-corrected chi connectivity index (χ3v) is 9.28. The van der Waals surface area contributed by atoms with Gasteiger partial charge in [-0.15, -0.1) is 0 Å². The number of likely N-dealkylation sites (tertiary alicyclic amines) is 1. The van der Waals surface area contributed by atoms with Gasteiger partial charge in [-0.3, -0.25) is 4.79 Å². The van der Waals surface area contributed by atoms with E-state index in [1.165, 1.54) is 0 Å². The smallest absolute Gasteiger partial charge is 0.391 e. The second-order valence-corrected chi connectivity index (χ2v) is 13.8. The minimum atomic E-state index is -4.07. The van der Waals surface area contributed by atoms with Crippen molar-refractivity contribution in [2.75, 3.05) is 40.3 Å². The SMILES string of the molecule is C=C(O)C[C@H](NC)c1cc(-c2ccc(O)cc2C)cc(C)c1F.C=C1C(C=O)=CC=CN1CCN1CCC(C(F)(F)F)CC1.CC.CN[C@H](C=O)CC(C)C. The third kappa shape index (κ3) is 16.2. The summed E-state index contributed by atoms with van der Waals surface area (Å²) in [6.07, 6.45) is 4.45. The summed E-state index contributed by atoms with van der Waals surface area (Å²) in [7, 11) is 3.53. The fourth-order valence-electron chi connectivity index (χ4n) is 6.18. The number of nitrogens with one attached hydrogen (secondary N) is 2. The minimum Gasteiger partial charge on any atom is -0.513 e. The molecule has 2 aliphatic heterocycles. The minimum absolute atomic E-state index is 0.00706. The average molecular weight is 775 g/mol. The molecule has 0 aromatic heterocycles. The summed E-state index contributed by atoms with van der Waals surface area (Å²) in [5.41, 5.74) is 4.92. The van der Waals surface area contributed by atoms with Crippen LogP contribution in [0.1, 0.15) is 76.1 Å². The maximum atomic E-state index is 14.6. The van der Waals surface area contributed by atoms with Gasteiger partial charge >= 0.3 is 6.18 Å². The van der Waals surface area contributed by atoms with Crippen LogP contribution in [0.25, 0.3) is 11.1 Å². The quantitative estimate of drug-likeness (QED) is 0.0908. The fraction of sp³-hybridized carbons (Fsp3) is 0.488. The van der Waals surface area contributed by atoms with Crippen LogP contribution < -0.4 is 10.6 Å². The molecule has 55 heavy (non-hydrogen) atoms. The van der Waals surface area contributed by atoms with Crippen molar-refractivity contribution < 1.29 is 37.4 Å². The molecule has 2 aromatic rings. The highest BCUT2D eigenvalue weighted by atomic mass is 19.4. The van der Waals surface area contributed by atoms with Crippen LogP contribution in [-0.2, 0) is 9.59 Å². The lowest BCUT2D eigenvalue weighted by Crippen LogP contribution is -2.41. The van der Waals surface area contributed by atoms with Gasteiger partial charge in [0, 0.05) is 48.6 Å². The number of nitrogens with zero attached hydrogens (tertiary/aromatic N) is 2. The Labute approximate surface area is 325 Å². The van der Waals surface area contributed by atoms with E-state index in [4.69, 9.17) is 0 Å². The van der Waals surface area contributed by atoms with Gasteiger partial charge in [0.1, 0.15) is 17.9 Å². The van der Waals surface area contributed by atoms with E-state index in [-0.39, 0.29) is 48.7 Å². The van der Waals surface area contributed by atoms with Crippen molar-refractivity contribution in [1.82, 2.24) is 20.4 Å². The molecule has 1 saturated heterocycles. The zero-order valence-electron chi connectivity index (χ0n) is 33.8. The van der Waals surface area contributed by atoms with Crippen molar-refractivity contribution in [2.45, 2.75) is 85.5 Å². The lowest BCUT2D eigenvalue weighted by atomic mass is 9.92. The molecule has 0 radical (unpaired) electrons. The van der Waals surface area contributed by atoms with Crippen molar-refractivity contribution in [1.29, 1.82) is 0 Å². The number of aldehydes is 2. The van der Waals surface area contributed by atoms with E-state index in [0.29, 0.717) is 54.5 Å². The maximum absolute atomic E-state index is 14.6. The van der Waals surface area contributed by atoms with Crippen LogP contribution in [0.4, 0.5) is 17.6 Å². The first-order valence-corrected chi connectivity index (χ1v) is 18.8. The molecule has 0 bridgehead atoms. The summed E-state index contributed by atoms with van der Waals surface area (Å²) in [6, 6.07) is 8.38. The molecular formula is C43H62F4N4O4. The number of aliphatic hydroxyl groups is 1. The lowest BCUT2D eigenvalue weighted by molar-refractivity contribution is -0.185. The van der Waals surface area contributed by atoms with Gasteiger partial charge in [0.05, 0.1) is 17.7 Å². The number of allylic oxidation sites excluding steroid dienone is 3. The number of phenols is 1. The summed E-state index contributed by atoms with van der Waals surface area (Å²) in [5, 5.41) is 24.9. The van der Waals surface area contributed by atoms with Crippen LogP contribution in [0.15, 0.2) is 78.9 Å². The predicted octanol–water partition coefficient (Wildman–Crippen LogP) is 9.11. The molecule has 0 aliphatic carbocycles. The number of aromatic hydroxyl groups is 1. The number of piperidine rings is 1. The predicted molar refractivity (Wildman–Crippen MR) is 215 cm³/mol. The van der Waals surface area contributed by atoms with Crippen LogP contribution in [0.5, 0.6) is 5.75 Å². The van der Waals surface area contributed by atoms with Crippen LogP contribution >= 0.6 is 0 Å². The first kappa shape index (κ1) is 48.8. The van der Waals surface area contributed by atoms with Gasteiger partial charge in [-0.05, 0) is 125 Å². The highest BCUT2D eigenvalue weighted by Gasteiger charge is 2.41. The van der Waals surface area contributed by atoms with Gasteiger partial charge in [0.25, 0.3) is 0 Å². The summed E-state index contributed by atoms with van der Waals surface area (Å²) in [4.78, 5) is 24.9. The third-order valence-electron chi connectivity index (χ3n) is 9.28. The van der Waals surface area contributed by atoms with Crippen molar-refractivity contribution in [3.05, 3.63) is 101 Å². The van der Waals surface area contributed by atoms with Crippen LogP contribution in [0, 0.1) is 31.5 Å². The number of carbonyl (C=O) groups excluding carboxylic acids is 2. The summed E-state index contributed by atoms with van der Waals surface area (Å²) >= 11 is 0. The van der Waals surface area contributed by atoms with E-state index in [1.807, 2.05) is 42.8 Å². The van der Waals surface area contributed by atoms with Gasteiger partial charge in [-0.25, -0.2) is 4.39 Å². The average Bonchev–Trinajstić information content (AvgIpc) is 3.14. The van der Waals surface area contributed by atoms with Gasteiger partial charge in [0.15, 0.2) is 6.29 Å². The molecule has 306 valence electrons. The Hall–Kier alpha value is -4.26. The van der Waals surface area contributed by atoms with Gasteiger partial charge < -0.3 is 35.4 Å². The molecule has 2 atom stereocenters. The number of likely N-dealkylation sites (N-methyl/N-ethyl adjacent to an activating group) is 1. The Morgan fingerprint density at radius 2 is 1.65 bits per heavy atom. The fourth-order valence-corrected chi connectivity index (χ4v) is 6.18. The molecule has 0 amide bonds. The summed E-state index contributed by atoms with van der Waals surface area (Å²) in [6.45, 7) is 21.4. The molecule has 12 heteroatoms. The molecule has 0 unspecified atom stereocenters. The number of aliphatic hydroxyl groups excluding tert-OH is 1. The van der Waals surface area contributed by atoms with Crippen LogP contribution in [0.3, 0.4) is 0 Å². The molecular weight excluding hydrogens is 712 g/mol. The van der Waals surface area contributed by atoms with Crippen molar-refractivity contribution in [2.24, 2.45) is 11.8 Å². The second-order valence-electron chi connectivity index (χ2n) is 13.8. The van der Waals surface area contributed by atoms with Gasteiger partial charge in [0.2, 0.25) is 0 Å². The molecule has 8 nitrogen and oxygen atoms in total. The number of rotatable bonds is 13. The van der Waals surface area contributed by atoms with Crippen LogP contribution in [-0.4, -0.2) is 85.1 Å². The van der Waals surface area contributed by atoms with E-state index in [9.17, 15) is 37.4 Å². The molecule has 4 rings (SSSR count). The van der Waals surface area contributed by atoms with E-state index in [1.54, 1.807) is 57.4 Å². The highest BCUT2D eigenvalue weighted by molar-refractivity contribution is 5.80. The molecule has 2 heterocycles. The number of hydrogen-bond donors (Lipinski definition) is 4. The Bertz CT molecular complexity index is 1600. The zero-order valence-corrected chi connectivity index (χ0v) is 33.8. The first-order chi connectivity index (χ1) is 25.9. The number of benzene rings is 2. The number of hydrogen-bond acceptors (Lipinski definition) is 8. The van der Waals surface area contributed by atoms with Crippen molar-refractivity contribution in [3.63, 3.8) is 0 Å². The standard InChI is InChI=1S/C19H22FNO2.C15H19F3N2O.C7H15NO.C2H6/c1-11-8-15(23)5-6-16(11)14-7-12(2)19(20)17(10-14)18(21-4)9-13(3)22;1-12-13(11-21)3-2-6-20(12)10-9-19-7-4-14(5-8-19)15(16,17)18;1-6(2)4-7(5-9)8-3;1-2/h5-8,10,18,21-23H,3,9H2,1-2,4H3;2-3,6,11,14H,1,4-5,7-10H2;5-8H,4H2,1-3H3;1-2H3/t18-;;7-;/m0.0./s1. The monoisotopic (exact) mass is 774 g/mol. The Morgan fingerprint density at radius 3 is 2.13 bits per heavy atom. The van der Waals surface area contributed by atoms with E-state index >= 15 is 0 Å². The largest absolute Gasteiger partial charge is 0.513 e. The molecule has 0 spiro atoms. The number of aryl methyl sites for hydroxylation is 2. The van der Waals surface area contributed by atoms with Crippen molar-refractivity contribution in [3.8, 4) is 16.9 Å². The van der Waals surface area contributed by atoms with E-state index in [2.05, 4.69) is 37.6 Å². The number of alkyl halides is 3. The van der Waals surface area contributed by atoms with Crippen molar-refractivity contribution >= 4 is 12.6 Å². The normalized spacial score (nSPS) is 15.7. The first-order valence-electron chi connectivity index (χ1n) is 18.8. The van der Waals surface area contributed by atoms with Gasteiger partial charge in [-0.2, -0.15) is 13.2 Å². The number of phenolic OH excluding ortho intramolecular Hbond substituents is 1. The van der Waals surface area contributed by atoms with E-state index < -0.39 is 12.1 Å². The zero-order chi connectivity index (χ0) is 41.9. The number of carbonyl (C=O) groups is 2. The Kier molecular flexibility index (Phi) is 21.5. The lowest BCUT2D eigenvalue weighted by Gasteiger charge is -2.34. The molecule has 4 N–H and O–H groups in total. The topological polar surface area (TPSA) is 105 Å². The molecule has 2 aliphatic rings. The maximum Gasteiger partial charge on any atom is 0.391 e. The van der Waals surface area contributed by atoms with Gasteiger partial charge in [-0.1, -0.05) is 46.9 Å². The Balaban J connectivity index is 0.000000437. The summed E-state index contributed by atoms with van der Waals surface area (Å²) in [5.74, 6) is -0.649. The van der Waals surface area contributed by atoms with Crippen LogP contribution in [0.2, 0.25) is 0 Å². The van der Waals surface area contributed by atoms with E-state index in [0.717, 1.165) is 35.7 Å². The highest BCUT2D eigenvalue weighted by Crippen LogP contribution is 2.35. The summed E-state index contributed by atoms with van der Waals surface area (Å²) < 4.78 is 52.3.